The van der Waals surface area contributed by atoms with Gasteiger partial charge in [-0.05, 0) is 36.3 Å². The predicted octanol–water partition coefficient (Wildman–Crippen LogP) is 0.908. The number of rotatable bonds is 3. The van der Waals surface area contributed by atoms with Gasteiger partial charge in [0.25, 0.3) is 0 Å². The van der Waals surface area contributed by atoms with E-state index in [0.29, 0.717) is 29.9 Å². The van der Waals surface area contributed by atoms with Crippen molar-refractivity contribution in [1.82, 2.24) is 4.90 Å². The highest BCUT2D eigenvalue weighted by Crippen LogP contribution is 2.20. The quantitative estimate of drug-likeness (QED) is 0.563. The van der Waals surface area contributed by atoms with E-state index in [0.717, 1.165) is 6.42 Å². The number of hydrogen-bond donors (Lipinski definition) is 3. The van der Waals surface area contributed by atoms with Crippen LogP contribution in [-0.4, -0.2) is 29.7 Å². The molecule has 1 aromatic rings. The van der Waals surface area contributed by atoms with Crippen LogP contribution in [0.1, 0.15) is 18.4 Å². The Hall–Kier alpha value is -2.70. The fraction of sp³-hybridized carbons (Fsp3) is 0.286. The lowest BCUT2D eigenvalue weighted by molar-refractivity contribution is -0.132. The maximum atomic E-state index is 12.1. The van der Waals surface area contributed by atoms with E-state index in [-0.39, 0.29) is 5.91 Å². The number of primary amides is 1. The van der Waals surface area contributed by atoms with Crippen LogP contribution in [0.15, 0.2) is 24.3 Å². The van der Waals surface area contributed by atoms with Gasteiger partial charge in [-0.2, -0.15) is 0 Å². The number of ether oxygens (including phenoxy) is 1. The molecule has 0 radical (unpaired) electrons. The molecular weight excluding hydrogens is 272 g/mol. The van der Waals surface area contributed by atoms with E-state index in [9.17, 15) is 9.59 Å². The summed E-state index contributed by atoms with van der Waals surface area (Å²) in [5.41, 5.74) is 18.2. The summed E-state index contributed by atoms with van der Waals surface area (Å²) in [4.78, 5) is 24.4. The Morgan fingerprint density at radius 1 is 1.33 bits per heavy atom. The van der Waals surface area contributed by atoms with Crippen molar-refractivity contribution in [2.75, 3.05) is 18.0 Å². The molecule has 2 amide bonds. The van der Waals surface area contributed by atoms with E-state index in [1.165, 1.54) is 11.0 Å². The molecule has 6 N–H and O–H groups in total. The van der Waals surface area contributed by atoms with Crippen molar-refractivity contribution in [2.24, 2.45) is 5.73 Å². The third-order valence-corrected chi connectivity index (χ3v) is 3.25. The Morgan fingerprint density at radius 3 is 2.81 bits per heavy atom. The first-order valence-corrected chi connectivity index (χ1v) is 6.57. The number of amides is 2. The molecule has 7 heteroatoms. The lowest BCUT2D eigenvalue weighted by Gasteiger charge is -2.22. The number of anilines is 2. The predicted molar refractivity (Wildman–Crippen MR) is 79.7 cm³/mol. The highest BCUT2D eigenvalue weighted by molar-refractivity contribution is 5.93. The minimum Gasteiger partial charge on any atom is -0.425 e. The van der Waals surface area contributed by atoms with Gasteiger partial charge in [0.2, 0.25) is 5.91 Å². The molecule has 1 aromatic carbocycles. The van der Waals surface area contributed by atoms with Crippen LogP contribution in [0.5, 0.6) is 0 Å². The largest absolute Gasteiger partial charge is 0.425 e. The smallest absolute Gasteiger partial charge is 0.406 e. The van der Waals surface area contributed by atoms with E-state index < -0.39 is 12.3 Å². The molecule has 1 aliphatic heterocycles. The molecule has 1 atom stereocenters. The molecule has 0 bridgehead atoms. The molecule has 112 valence electrons. The number of benzene rings is 1. The fourth-order valence-corrected chi connectivity index (χ4v) is 2.24. The number of hydrogen-bond acceptors (Lipinski definition) is 5. The van der Waals surface area contributed by atoms with Crippen LogP contribution in [0.2, 0.25) is 0 Å². The van der Waals surface area contributed by atoms with E-state index >= 15 is 0 Å². The van der Waals surface area contributed by atoms with E-state index in [4.69, 9.17) is 21.9 Å². The molecule has 1 unspecified atom stereocenters. The number of nitrogen functional groups attached to an aromatic ring is 2. The summed E-state index contributed by atoms with van der Waals surface area (Å²) in [7, 11) is 0. The summed E-state index contributed by atoms with van der Waals surface area (Å²) in [6.07, 6.45) is 2.84. The van der Waals surface area contributed by atoms with Crippen molar-refractivity contribution in [2.45, 2.75) is 19.1 Å². The Balaban J connectivity index is 2.08. The average molecular weight is 290 g/mol. The first-order chi connectivity index (χ1) is 9.97. The second-order valence-corrected chi connectivity index (χ2v) is 4.79. The summed E-state index contributed by atoms with van der Waals surface area (Å²) >= 11 is 0. The number of likely N-dealkylation sites (tertiary alicyclic amines) is 1. The maximum absolute atomic E-state index is 12.1. The molecule has 0 aromatic heterocycles. The monoisotopic (exact) mass is 290 g/mol. The maximum Gasteiger partial charge on any atom is 0.406 e. The molecule has 1 aliphatic rings. The Bertz CT molecular complexity index is 586. The van der Waals surface area contributed by atoms with E-state index in [1.807, 2.05) is 0 Å². The zero-order valence-electron chi connectivity index (χ0n) is 11.5. The third-order valence-electron chi connectivity index (χ3n) is 3.25. The molecule has 1 fully saturated rings. The summed E-state index contributed by atoms with van der Waals surface area (Å²) in [6, 6.07) is 5.04. The molecule has 21 heavy (non-hydrogen) atoms. The molecular formula is C14H18N4O3. The summed E-state index contributed by atoms with van der Waals surface area (Å²) < 4.78 is 4.91. The van der Waals surface area contributed by atoms with Gasteiger partial charge in [-0.15, -0.1) is 0 Å². The van der Waals surface area contributed by atoms with Gasteiger partial charge in [0.05, 0.1) is 0 Å². The molecule has 7 nitrogen and oxygen atoms in total. The molecule has 2 rings (SSSR count). The van der Waals surface area contributed by atoms with Gasteiger partial charge in [0, 0.05) is 30.4 Å². The van der Waals surface area contributed by atoms with Gasteiger partial charge in [0.1, 0.15) is 0 Å². The van der Waals surface area contributed by atoms with Crippen LogP contribution >= 0.6 is 0 Å². The fourth-order valence-electron chi connectivity index (χ4n) is 2.24. The highest BCUT2D eigenvalue weighted by atomic mass is 16.6. The number of nitrogens with two attached hydrogens (primary N) is 3. The van der Waals surface area contributed by atoms with Crippen molar-refractivity contribution < 1.29 is 14.3 Å². The normalized spacial score (nSPS) is 18.1. The van der Waals surface area contributed by atoms with Crippen LogP contribution in [0.3, 0.4) is 0 Å². The lowest BCUT2D eigenvalue weighted by atomic mass is 10.1. The van der Waals surface area contributed by atoms with Crippen molar-refractivity contribution in [1.29, 1.82) is 0 Å². The summed E-state index contributed by atoms with van der Waals surface area (Å²) in [5, 5.41) is 0. The second-order valence-electron chi connectivity index (χ2n) is 4.79. The Kier molecular flexibility index (Phi) is 4.32. The van der Waals surface area contributed by atoms with Crippen molar-refractivity contribution in [3.63, 3.8) is 0 Å². The topological polar surface area (TPSA) is 125 Å². The van der Waals surface area contributed by atoms with Crippen molar-refractivity contribution >= 4 is 29.5 Å². The SMILES string of the molecule is NC(=O)OC1CCCN1C(=O)C=Cc1cc(N)ccc1N. The highest BCUT2D eigenvalue weighted by Gasteiger charge is 2.29. The number of carbonyl (C=O) groups is 2. The van der Waals surface area contributed by atoms with Crippen LogP contribution in [0.25, 0.3) is 6.08 Å². The zero-order valence-corrected chi connectivity index (χ0v) is 11.5. The average Bonchev–Trinajstić information content (AvgIpc) is 2.86. The third kappa shape index (κ3) is 3.65. The van der Waals surface area contributed by atoms with Gasteiger partial charge in [-0.1, -0.05) is 0 Å². The van der Waals surface area contributed by atoms with Crippen LogP contribution in [0, 0.1) is 0 Å². The Morgan fingerprint density at radius 2 is 2.10 bits per heavy atom. The summed E-state index contributed by atoms with van der Waals surface area (Å²) in [5.74, 6) is -0.263. The first-order valence-electron chi connectivity index (χ1n) is 6.57. The molecule has 0 saturated carbocycles. The minimum absolute atomic E-state index is 0.263. The van der Waals surface area contributed by atoms with Crippen molar-refractivity contribution in [3.05, 3.63) is 29.8 Å². The van der Waals surface area contributed by atoms with E-state index in [2.05, 4.69) is 0 Å². The Labute approximate surface area is 122 Å². The number of carbonyl (C=O) groups excluding carboxylic acids is 2. The molecule has 1 saturated heterocycles. The molecule has 0 aliphatic carbocycles. The van der Waals surface area contributed by atoms with Crippen molar-refractivity contribution in [3.8, 4) is 0 Å². The van der Waals surface area contributed by atoms with Crippen LogP contribution < -0.4 is 17.2 Å². The van der Waals surface area contributed by atoms with E-state index in [1.54, 1.807) is 24.3 Å². The van der Waals surface area contributed by atoms with Gasteiger partial charge >= 0.3 is 6.09 Å². The van der Waals surface area contributed by atoms with Gasteiger partial charge in [-0.25, -0.2) is 4.79 Å². The standard InChI is InChI=1S/C14H18N4O3/c15-10-4-5-11(16)9(8-10)3-6-12(19)18-7-1-2-13(18)21-14(17)20/h3-6,8,13H,1-2,7,15-16H2,(H2,17,20). The molecule has 0 spiro atoms. The minimum atomic E-state index is -0.885. The second kappa shape index (κ2) is 6.17. The van der Waals surface area contributed by atoms with Crippen LogP contribution in [0.4, 0.5) is 16.2 Å². The number of nitrogens with zero attached hydrogens (tertiary/aromatic N) is 1. The van der Waals surface area contributed by atoms with Crippen LogP contribution in [-0.2, 0) is 9.53 Å². The zero-order chi connectivity index (χ0) is 15.4. The van der Waals surface area contributed by atoms with Gasteiger partial charge in [0.15, 0.2) is 6.23 Å². The van der Waals surface area contributed by atoms with Gasteiger partial charge in [-0.3, -0.25) is 4.79 Å². The lowest BCUT2D eigenvalue weighted by Crippen LogP contribution is -2.38. The molecule has 1 heterocycles. The van der Waals surface area contributed by atoms with Gasteiger partial charge < -0.3 is 26.8 Å². The summed E-state index contributed by atoms with van der Waals surface area (Å²) in [6.45, 7) is 0.521. The first kappa shape index (κ1) is 14.7.